The molecule has 1 aromatic rings. The summed E-state index contributed by atoms with van der Waals surface area (Å²) in [5.41, 5.74) is 0. The van der Waals surface area contributed by atoms with Crippen LogP contribution in [0.15, 0.2) is 30.3 Å². The molecule has 1 radical (unpaired) electrons. The Morgan fingerprint density at radius 1 is 1.00 bits per heavy atom. The average molecular weight is 136 g/mol. The summed E-state index contributed by atoms with van der Waals surface area (Å²) in [4.78, 5) is 0. The quantitative estimate of drug-likeness (QED) is 0.378. The Balaban J connectivity index is 0. The van der Waals surface area contributed by atoms with Crippen LogP contribution in [0.4, 0.5) is 0 Å². The Hall–Kier alpha value is -0.131. The summed E-state index contributed by atoms with van der Waals surface area (Å²) in [6.07, 6.45) is 0. The summed E-state index contributed by atoms with van der Waals surface area (Å²) in [5.74, 6) is 0. The van der Waals surface area contributed by atoms with Crippen LogP contribution in [0.5, 0.6) is 0 Å². The van der Waals surface area contributed by atoms with Gasteiger partial charge in [-0.3, -0.25) is 0 Å². The van der Waals surface area contributed by atoms with E-state index in [1.165, 1.54) is 0 Å². The van der Waals surface area contributed by atoms with Crippen molar-refractivity contribution in [2.75, 3.05) is 0 Å². The van der Waals surface area contributed by atoms with E-state index in [0.29, 0.717) is 0 Å². The Kier molecular flexibility index (Phi) is 8.37. The van der Waals surface area contributed by atoms with Gasteiger partial charge in [0.2, 0.25) is 0 Å². The summed E-state index contributed by atoms with van der Waals surface area (Å²) >= 11 is 0. The molecule has 0 spiro atoms. The van der Waals surface area contributed by atoms with E-state index in [0.717, 1.165) is 0 Å². The summed E-state index contributed by atoms with van der Waals surface area (Å²) < 4.78 is 0. The van der Waals surface area contributed by atoms with Gasteiger partial charge in [-0.2, -0.15) is 18.2 Å². The predicted molar refractivity (Wildman–Crippen MR) is 28.8 cm³/mol. The Morgan fingerprint density at radius 3 is 1.57 bits per heavy atom. The number of rotatable bonds is 0. The topological polar surface area (TPSA) is 0 Å². The summed E-state index contributed by atoms with van der Waals surface area (Å²) in [6.45, 7) is 0. The van der Waals surface area contributed by atoms with E-state index in [9.17, 15) is 0 Å². The van der Waals surface area contributed by atoms with Crippen LogP contribution in [-0.4, -0.2) is 0 Å². The number of hydrogen-bond donors (Lipinski definition) is 0. The van der Waals surface area contributed by atoms with Crippen LogP contribution in [0.2, 0.25) is 0 Å². The molecule has 0 N–H and O–H groups in total. The van der Waals surface area contributed by atoms with Crippen LogP contribution in [0, 0.1) is 0 Å². The molecular formula is C6H9Mn-. The number of hydrogen-bond acceptors (Lipinski definition) is 0. The van der Waals surface area contributed by atoms with Crippen molar-refractivity contribution >= 4 is 0 Å². The van der Waals surface area contributed by atoms with Crippen LogP contribution in [0.3, 0.4) is 0 Å². The van der Waals surface area contributed by atoms with Crippen LogP contribution >= 0.6 is 0 Å². The minimum atomic E-state index is 0. The first-order chi connectivity index (χ1) is 2.50. The molecule has 0 fully saturated rings. The zero-order chi connectivity index (χ0) is 3.54. The van der Waals surface area contributed by atoms with Crippen molar-refractivity contribution < 1.29 is 17.1 Å². The summed E-state index contributed by atoms with van der Waals surface area (Å²) in [7, 11) is 0. The normalized spacial score (nSPS) is 5.71. The second kappa shape index (κ2) is 5.87. The molecule has 0 bridgehead atoms. The van der Waals surface area contributed by atoms with Gasteiger partial charge in [-0.1, -0.05) is 7.43 Å². The van der Waals surface area contributed by atoms with E-state index in [2.05, 4.69) is 0 Å². The van der Waals surface area contributed by atoms with Crippen LogP contribution in [0.25, 0.3) is 0 Å². The SMILES string of the molecule is C.[Mn].c1cc[cH-]c1. The molecule has 41 valence electrons. The Labute approximate surface area is 55.4 Å². The van der Waals surface area contributed by atoms with E-state index >= 15 is 0 Å². The van der Waals surface area contributed by atoms with Crippen molar-refractivity contribution in [1.29, 1.82) is 0 Å². The predicted octanol–water partition coefficient (Wildman–Crippen LogP) is 2.04. The standard InChI is InChI=1S/C5H5.CH4.Mn/c1-2-4-5-3-1;;/h1-5H;1H4;/q-1;;. The maximum atomic E-state index is 2.00. The molecular weight excluding hydrogens is 127 g/mol. The third kappa shape index (κ3) is 3.71. The molecule has 0 heterocycles. The van der Waals surface area contributed by atoms with Gasteiger partial charge >= 0.3 is 0 Å². The summed E-state index contributed by atoms with van der Waals surface area (Å²) in [6, 6.07) is 10.0. The fraction of sp³-hybridized carbons (Fsp3) is 0.167. The Morgan fingerprint density at radius 2 is 1.43 bits per heavy atom. The largest absolute Gasteiger partial charge is 0.214 e. The first-order valence-electron chi connectivity index (χ1n) is 1.67. The molecule has 1 heteroatoms. The van der Waals surface area contributed by atoms with Crippen molar-refractivity contribution in [2.24, 2.45) is 0 Å². The maximum absolute atomic E-state index is 2.00. The zero-order valence-electron chi connectivity index (χ0n) is 3.26. The van der Waals surface area contributed by atoms with Crippen molar-refractivity contribution in [2.45, 2.75) is 7.43 Å². The maximum Gasteiger partial charge on any atom is 0 e. The molecule has 1 rings (SSSR count). The first kappa shape index (κ1) is 9.98. The van der Waals surface area contributed by atoms with Gasteiger partial charge in [0.25, 0.3) is 0 Å². The van der Waals surface area contributed by atoms with E-state index in [4.69, 9.17) is 0 Å². The monoisotopic (exact) mass is 136 g/mol. The molecule has 0 aliphatic rings. The van der Waals surface area contributed by atoms with Crippen molar-refractivity contribution in [3.63, 3.8) is 0 Å². The minimum Gasteiger partial charge on any atom is -0.214 e. The molecule has 0 nitrogen and oxygen atoms in total. The Bertz CT molecular complexity index is 60.7. The molecule has 0 aliphatic heterocycles. The molecule has 7 heavy (non-hydrogen) atoms. The fourth-order valence-corrected chi connectivity index (χ4v) is 0.321. The van der Waals surface area contributed by atoms with Gasteiger partial charge in [-0.15, -0.1) is 0 Å². The molecule has 0 aromatic heterocycles. The second-order valence-electron chi connectivity index (χ2n) is 0.962. The summed E-state index contributed by atoms with van der Waals surface area (Å²) in [5, 5.41) is 0. The molecule has 1 aromatic carbocycles. The van der Waals surface area contributed by atoms with Gasteiger partial charge < -0.3 is 0 Å². The van der Waals surface area contributed by atoms with E-state index in [1.807, 2.05) is 30.3 Å². The van der Waals surface area contributed by atoms with Crippen LogP contribution in [-0.2, 0) is 17.1 Å². The molecule has 0 amide bonds. The van der Waals surface area contributed by atoms with E-state index < -0.39 is 0 Å². The van der Waals surface area contributed by atoms with Gasteiger partial charge in [-0.05, 0) is 0 Å². The van der Waals surface area contributed by atoms with Crippen LogP contribution < -0.4 is 0 Å². The third-order valence-corrected chi connectivity index (χ3v) is 0.556. The molecule has 0 saturated carbocycles. The average Bonchev–Trinajstić information content (AvgIpc) is 1.76. The first-order valence-corrected chi connectivity index (χ1v) is 1.67. The fourth-order valence-electron chi connectivity index (χ4n) is 0.321. The molecule has 0 atom stereocenters. The molecule has 0 aliphatic carbocycles. The second-order valence-corrected chi connectivity index (χ2v) is 0.962. The van der Waals surface area contributed by atoms with Gasteiger partial charge in [0.1, 0.15) is 0 Å². The third-order valence-electron chi connectivity index (χ3n) is 0.556. The van der Waals surface area contributed by atoms with Crippen molar-refractivity contribution in [3.05, 3.63) is 30.3 Å². The zero-order valence-corrected chi connectivity index (χ0v) is 4.45. The smallest absolute Gasteiger partial charge is 0 e. The molecule has 0 unspecified atom stereocenters. The molecule has 0 saturated heterocycles. The van der Waals surface area contributed by atoms with Crippen LogP contribution in [0.1, 0.15) is 7.43 Å². The van der Waals surface area contributed by atoms with Gasteiger partial charge in [0.05, 0.1) is 0 Å². The van der Waals surface area contributed by atoms with E-state index in [1.54, 1.807) is 0 Å². The van der Waals surface area contributed by atoms with Crippen molar-refractivity contribution in [3.8, 4) is 0 Å². The minimum absolute atomic E-state index is 0. The van der Waals surface area contributed by atoms with E-state index in [-0.39, 0.29) is 24.5 Å². The van der Waals surface area contributed by atoms with Gasteiger partial charge in [-0.25, -0.2) is 12.1 Å². The van der Waals surface area contributed by atoms with Gasteiger partial charge in [0, 0.05) is 17.1 Å². The van der Waals surface area contributed by atoms with Crippen molar-refractivity contribution in [1.82, 2.24) is 0 Å². The van der Waals surface area contributed by atoms with Gasteiger partial charge in [0.15, 0.2) is 0 Å².